The second-order valence-electron chi connectivity index (χ2n) is 3.43. The summed E-state index contributed by atoms with van der Waals surface area (Å²) in [5, 5.41) is -0.398. The summed E-state index contributed by atoms with van der Waals surface area (Å²) >= 11 is 5.49. The van der Waals surface area contributed by atoms with Crippen LogP contribution >= 0.6 is 11.6 Å². The van der Waals surface area contributed by atoms with Crippen molar-refractivity contribution in [2.45, 2.75) is 11.3 Å². The summed E-state index contributed by atoms with van der Waals surface area (Å²) in [7, 11) is -4.13. The van der Waals surface area contributed by atoms with Crippen LogP contribution in [0.4, 0.5) is 10.1 Å². The fourth-order valence-electron chi connectivity index (χ4n) is 1.17. The van der Waals surface area contributed by atoms with Gasteiger partial charge in [0.25, 0.3) is 0 Å². The van der Waals surface area contributed by atoms with Gasteiger partial charge in [0, 0.05) is 18.7 Å². The van der Waals surface area contributed by atoms with Crippen LogP contribution < -0.4 is 16.2 Å². The molecule has 0 spiro atoms. The first kappa shape index (κ1) is 14.7. The number of hydrogen-bond acceptors (Lipinski definition) is 4. The lowest BCUT2D eigenvalue weighted by molar-refractivity contribution is -0.117. The van der Waals surface area contributed by atoms with Crippen molar-refractivity contribution in [1.82, 2.24) is 4.72 Å². The Balaban J connectivity index is 3.02. The standard InChI is InChI=1S/C9H11ClFN3O3S/c10-6-3-5(12)4-7(9(6)11)18(16,17)14-2-1-8(13)15/h3-4,14H,1-2,12H2,(H2,13,15). The van der Waals surface area contributed by atoms with Gasteiger partial charge in [-0.05, 0) is 12.1 Å². The van der Waals surface area contributed by atoms with Gasteiger partial charge in [-0.2, -0.15) is 0 Å². The molecule has 5 N–H and O–H groups in total. The van der Waals surface area contributed by atoms with Gasteiger partial charge in [0.15, 0.2) is 5.82 Å². The number of anilines is 1. The van der Waals surface area contributed by atoms with Crippen molar-refractivity contribution >= 4 is 33.2 Å². The van der Waals surface area contributed by atoms with Gasteiger partial charge in [0.05, 0.1) is 5.02 Å². The van der Waals surface area contributed by atoms with E-state index in [1.807, 2.05) is 4.72 Å². The molecule has 1 aromatic carbocycles. The lowest BCUT2D eigenvalue weighted by Crippen LogP contribution is -2.28. The Morgan fingerprint density at radius 3 is 2.61 bits per heavy atom. The van der Waals surface area contributed by atoms with Crippen molar-refractivity contribution in [3.05, 3.63) is 23.0 Å². The van der Waals surface area contributed by atoms with Gasteiger partial charge in [0.1, 0.15) is 4.90 Å². The number of nitrogens with one attached hydrogen (secondary N) is 1. The quantitative estimate of drug-likeness (QED) is 0.674. The summed E-state index contributed by atoms with van der Waals surface area (Å²) in [5.41, 5.74) is 10.2. The topological polar surface area (TPSA) is 115 Å². The molecule has 1 amide bonds. The molecule has 0 atom stereocenters. The summed E-state index contributed by atoms with van der Waals surface area (Å²) in [4.78, 5) is 9.80. The van der Waals surface area contributed by atoms with Crippen LogP contribution in [-0.2, 0) is 14.8 Å². The molecule has 0 bridgehead atoms. The monoisotopic (exact) mass is 295 g/mol. The maximum Gasteiger partial charge on any atom is 0.243 e. The van der Waals surface area contributed by atoms with Crippen molar-refractivity contribution in [3.63, 3.8) is 0 Å². The first-order chi connectivity index (χ1) is 8.24. The summed E-state index contributed by atoms with van der Waals surface area (Å²) in [5.74, 6) is -1.78. The molecular weight excluding hydrogens is 285 g/mol. The SMILES string of the molecule is NC(=O)CCNS(=O)(=O)c1cc(N)cc(Cl)c1F. The van der Waals surface area contributed by atoms with E-state index in [2.05, 4.69) is 0 Å². The average molecular weight is 296 g/mol. The number of sulfonamides is 1. The number of carbonyl (C=O) groups excluding carboxylic acids is 1. The molecule has 0 saturated carbocycles. The molecule has 0 aliphatic rings. The summed E-state index contributed by atoms with van der Waals surface area (Å²) < 4.78 is 39.0. The third-order valence-corrected chi connectivity index (χ3v) is 3.71. The minimum Gasteiger partial charge on any atom is -0.399 e. The van der Waals surface area contributed by atoms with Crippen molar-refractivity contribution in [2.75, 3.05) is 12.3 Å². The van der Waals surface area contributed by atoms with Crippen LogP contribution in [-0.4, -0.2) is 20.9 Å². The highest BCUT2D eigenvalue weighted by Crippen LogP contribution is 2.25. The maximum absolute atomic E-state index is 13.6. The van der Waals surface area contributed by atoms with Crippen LogP contribution in [0.2, 0.25) is 5.02 Å². The third-order valence-electron chi connectivity index (χ3n) is 1.97. The van der Waals surface area contributed by atoms with E-state index in [4.69, 9.17) is 23.1 Å². The Morgan fingerprint density at radius 2 is 2.06 bits per heavy atom. The predicted molar refractivity (Wildman–Crippen MR) is 64.8 cm³/mol. The third kappa shape index (κ3) is 3.56. The van der Waals surface area contributed by atoms with Gasteiger partial charge in [-0.25, -0.2) is 17.5 Å². The van der Waals surface area contributed by atoms with Crippen LogP contribution in [0.15, 0.2) is 17.0 Å². The number of nitrogens with two attached hydrogens (primary N) is 2. The van der Waals surface area contributed by atoms with Crippen molar-refractivity contribution < 1.29 is 17.6 Å². The largest absolute Gasteiger partial charge is 0.399 e. The normalized spacial score (nSPS) is 11.4. The van der Waals surface area contributed by atoms with E-state index in [0.29, 0.717) is 0 Å². The van der Waals surface area contributed by atoms with Crippen LogP contribution in [0, 0.1) is 5.82 Å². The molecule has 0 radical (unpaired) electrons. The van der Waals surface area contributed by atoms with Crippen molar-refractivity contribution in [1.29, 1.82) is 0 Å². The summed E-state index contributed by atoms with van der Waals surface area (Å²) in [6.45, 7) is -0.233. The Morgan fingerprint density at radius 1 is 1.44 bits per heavy atom. The number of rotatable bonds is 5. The first-order valence-corrected chi connectivity index (χ1v) is 6.62. The molecule has 9 heteroatoms. The lowest BCUT2D eigenvalue weighted by atomic mass is 10.3. The number of primary amides is 1. The van der Waals surface area contributed by atoms with Crippen LogP contribution in [0.25, 0.3) is 0 Å². The molecule has 0 aromatic heterocycles. The maximum atomic E-state index is 13.6. The van der Waals surface area contributed by atoms with Gasteiger partial charge in [0.2, 0.25) is 15.9 Å². The average Bonchev–Trinajstić information content (AvgIpc) is 2.22. The molecule has 0 aliphatic heterocycles. The van der Waals surface area contributed by atoms with Crippen molar-refractivity contribution in [3.8, 4) is 0 Å². The van der Waals surface area contributed by atoms with E-state index in [1.54, 1.807) is 0 Å². The van der Waals surface area contributed by atoms with Gasteiger partial charge < -0.3 is 11.5 Å². The first-order valence-electron chi connectivity index (χ1n) is 4.76. The van der Waals surface area contributed by atoms with E-state index in [1.165, 1.54) is 0 Å². The zero-order chi connectivity index (χ0) is 13.9. The van der Waals surface area contributed by atoms with E-state index in [0.717, 1.165) is 12.1 Å². The van der Waals surface area contributed by atoms with E-state index in [-0.39, 0.29) is 18.7 Å². The van der Waals surface area contributed by atoms with E-state index >= 15 is 0 Å². The molecule has 0 heterocycles. The van der Waals surface area contributed by atoms with E-state index in [9.17, 15) is 17.6 Å². The van der Waals surface area contributed by atoms with Crippen molar-refractivity contribution in [2.24, 2.45) is 5.73 Å². The highest BCUT2D eigenvalue weighted by Gasteiger charge is 2.21. The zero-order valence-corrected chi connectivity index (χ0v) is 10.7. The van der Waals surface area contributed by atoms with Crippen LogP contribution in [0.3, 0.4) is 0 Å². The van der Waals surface area contributed by atoms with Gasteiger partial charge in [-0.1, -0.05) is 11.6 Å². The minimum atomic E-state index is -4.13. The zero-order valence-electron chi connectivity index (χ0n) is 9.11. The molecule has 0 saturated heterocycles. The van der Waals surface area contributed by atoms with Gasteiger partial charge in [-0.3, -0.25) is 4.79 Å². The molecule has 1 rings (SSSR count). The van der Waals surface area contributed by atoms with Crippen LogP contribution in [0.5, 0.6) is 0 Å². The number of carbonyl (C=O) groups is 1. The minimum absolute atomic E-state index is 0.0108. The molecule has 100 valence electrons. The number of halogens is 2. The second kappa shape index (κ2) is 5.51. The molecule has 0 fully saturated rings. The number of hydrogen-bond donors (Lipinski definition) is 3. The Bertz CT molecular complexity index is 577. The Labute approximate surface area is 108 Å². The molecule has 1 aromatic rings. The van der Waals surface area contributed by atoms with Crippen LogP contribution in [0.1, 0.15) is 6.42 Å². The molecule has 0 unspecified atom stereocenters. The number of amides is 1. The van der Waals surface area contributed by atoms with E-state index < -0.39 is 31.7 Å². The molecule has 18 heavy (non-hydrogen) atoms. The predicted octanol–water partition coefficient (Wildman–Crippen LogP) is 0.215. The number of benzene rings is 1. The second-order valence-corrected chi connectivity index (χ2v) is 5.57. The number of nitrogen functional groups attached to an aromatic ring is 1. The Hall–Kier alpha value is -1.38. The summed E-state index contributed by atoms with van der Waals surface area (Å²) in [6.07, 6.45) is -0.198. The fraction of sp³-hybridized carbons (Fsp3) is 0.222. The lowest BCUT2D eigenvalue weighted by Gasteiger charge is -2.08. The highest BCUT2D eigenvalue weighted by molar-refractivity contribution is 7.89. The highest BCUT2D eigenvalue weighted by atomic mass is 35.5. The molecular formula is C9H11ClFN3O3S. The van der Waals surface area contributed by atoms with Gasteiger partial charge >= 0.3 is 0 Å². The smallest absolute Gasteiger partial charge is 0.243 e. The molecule has 0 aliphatic carbocycles. The Kier molecular flexibility index (Phi) is 4.49. The summed E-state index contributed by atoms with van der Waals surface area (Å²) in [6, 6.07) is 2.03. The van der Waals surface area contributed by atoms with Gasteiger partial charge in [-0.15, -0.1) is 0 Å². The fourth-order valence-corrected chi connectivity index (χ4v) is 2.61. The molecule has 6 nitrogen and oxygen atoms in total.